The van der Waals surface area contributed by atoms with Crippen LogP contribution < -0.4 is 21.5 Å². The molecule has 1 amide bonds. The zero-order valence-electron chi connectivity index (χ0n) is 23.6. The van der Waals surface area contributed by atoms with E-state index in [2.05, 4.69) is 15.4 Å². The first kappa shape index (κ1) is 30.4. The van der Waals surface area contributed by atoms with Crippen molar-refractivity contribution in [3.05, 3.63) is 59.5 Å². The number of ether oxygens (including phenoxy) is 2. The molecule has 3 rings (SSSR count). The minimum atomic E-state index is -0.871. The Labute approximate surface area is 233 Å². The number of halogens is 1. The molecule has 0 saturated carbocycles. The molecule has 0 unspecified atom stereocenters. The molecule has 216 valence electrons. The van der Waals surface area contributed by atoms with E-state index in [1.54, 1.807) is 28.9 Å². The van der Waals surface area contributed by atoms with E-state index in [0.29, 0.717) is 36.3 Å². The second-order valence-electron chi connectivity index (χ2n) is 10.7. The lowest BCUT2D eigenvalue weighted by Crippen LogP contribution is -2.49. The number of unbranched alkanes of at least 4 members (excludes halogenated alkanes) is 3. The van der Waals surface area contributed by atoms with E-state index in [4.69, 9.17) is 20.9 Å². The Bertz CT molecular complexity index is 1330. The maximum absolute atomic E-state index is 13.5. The molecule has 0 aliphatic carbocycles. The molecule has 0 aliphatic heterocycles. The largest absolute Gasteiger partial charge is 0.494 e. The van der Waals surface area contributed by atoms with Gasteiger partial charge in [-0.15, -0.1) is 0 Å². The summed E-state index contributed by atoms with van der Waals surface area (Å²) in [5.74, 6) is -0.625. The SMILES string of the molecule is COC(=O)[C@@H](NC(=O)c1nn(Cc2ccc(F)cc2)c2cc(OCCCCCCN=C(N)N)ccc12)C(C)(C)C. The Morgan fingerprint density at radius 1 is 1.07 bits per heavy atom. The molecule has 0 fully saturated rings. The van der Waals surface area contributed by atoms with Gasteiger partial charge in [-0.2, -0.15) is 5.10 Å². The summed E-state index contributed by atoms with van der Waals surface area (Å²) in [5.41, 5.74) is 11.8. The highest BCUT2D eigenvalue weighted by Crippen LogP contribution is 2.27. The number of nitrogens with two attached hydrogens (primary N) is 2. The topological polar surface area (TPSA) is 147 Å². The molecule has 2 aromatic carbocycles. The van der Waals surface area contributed by atoms with Gasteiger partial charge in [0, 0.05) is 18.0 Å². The van der Waals surface area contributed by atoms with Crippen molar-refractivity contribution in [1.29, 1.82) is 0 Å². The number of fused-ring (bicyclic) bond motifs is 1. The number of aromatic nitrogens is 2. The lowest BCUT2D eigenvalue weighted by Gasteiger charge is -2.28. The summed E-state index contributed by atoms with van der Waals surface area (Å²) >= 11 is 0. The summed E-state index contributed by atoms with van der Waals surface area (Å²) in [6.07, 6.45) is 3.74. The highest BCUT2D eigenvalue weighted by atomic mass is 19.1. The Balaban J connectivity index is 1.81. The zero-order valence-corrected chi connectivity index (χ0v) is 23.6. The van der Waals surface area contributed by atoms with Crippen LogP contribution >= 0.6 is 0 Å². The predicted octanol–water partition coefficient (Wildman–Crippen LogP) is 3.75. The molecule has 0 spiro atoms. The van der Waals surface area contributed by atoms with E-state index in [-0.39, 0.29) is 17.5 Å². The van der Waals surface area contributed by atoms with Gasteiger partial charge in [0.05, 0.1) is 25.8 Å². The molecule has 5 N–H and O–H groups in total. The van der Waals surface area contributed by atoms with Gasteiger partial charge in [-0.25, -0.2) is 9.18 Å². The van der Waals surface area contributed by atoms with Crippen molar-refractivity contribution >= 4 is 28.7 Å². The van der Waals surface area contributed by atoms with Gasteiger partial charge in [0.2, 0.25) is 0 Å². The molecule has 40 heavy (non-hydrogen) atoms. The minimum Gasteiger partial charge on any atom is -0.494 e. The van der Waals surface area contributed by atoms with Crippen LogP contribution in [0.4, 0.5) is 4.39 Å². The number of hydrogen-bond acceptors (Lipinski definition) is 6. The smallest absolute Gasteiger partial charge is 0.328 e. The summed E-state index contributed by atoms with van der Waals surface area (Å²) in [5, 5.41) is 7.99. The van der Waals surface area contributed by atoms with Crippen LogP contribution in [0.1, 0.15) is 62.5 Å². The summed E-state index contributed by atoms with van der Waals surface area (Å²) in [4.78, 5) is 29.8. The average Bonchev–Trinajstić information content (AvgIpc) is 3.26. The van der Waals surface area contributed by atoms with Crippen LogP contribution in [0.2, 0.25) is 0 Å². The maximum Gasteiger partial charge on any atom is 0.328 e. The van der Waals surface area contributed by atoms with Crippen LogP contribution in [0.5, 0.6) is 5.75 Å². The number of guanidine groups is 1. The van der Waals surface area contributed by atoms with Crippen molar-refractivity contribution in [2.45, 2.75) is 59.0 Å². The molecule has 0 radical (unpaired) electrons. The number of hydrogen-bond donors (Lipinski definition) is 3. The summed E-state index contributed by atoms with van der Waals surface area (Å²) < 4.78 is 26.1. The van der Waals surface area contributed by atoms with Gasteiger partial charge in [-0.1, -0.05) is 39.3 Å². The quantitative estimate of drug-likeness (QED) is 0.126. The van der Waals surface area contributed by atoms with Gasteiger partial charge in [0.1, 0.15) is 17.6 Å². The van der Waals surface area contributed by atoms with Crippen molar-refractivity contribution in [3.63, 3.8) is 0 Å². The third-order valence-electron chi connectivity index (χ3n) is 6.38. The van der Waals surface area contributed by atoms with Crippen LogP contribution in [0.15, 0.2) is 47.5 Å². The molecule has 10 nitrogen and oxygen atoms in total. The van der Waals surface area contributed by atoms with E-state index in [9.17, 15) is 14.0 Å². The van der Waals surface area contributed by atoms with Crippen LogP contribution in [-0.4, -0.2) is 53.9 Å². The molecular formula is C29H39FN6O4. The zero-order chi connectivity index (χ0) is 29.3. The van der Waals surface area contributed by atoms with Crippen LogP contribution in [0, 0.1) is 11.2 Å². The van der Waals surface area contributed by atoms with Crippen molar-refractivity contribution < 1.29 is 23.5 Å². The number of aliphatic imine (C=N–C) groups is 1. The highest BCUT2D eigenvalue weighted by molar-refractivity contribution is 6.06. The summed E-state index contributed by atoms with van der Waals surface area (Å²) in [7, 11) is 1.29. The molecule has 3 aromatic rings. The molecule has 11 heteroatoms. The normalized spacial score (nSPS) is 12.1. The first-order valence-corrected chi connectivity index (χ1v) is 13.3. The predicted molar refractivity (Wildman–Crippen MR) is 153 cm³/mol. The highest BCUT2D eigenvalue weighted by Gasteiger charge is 2.35. The van der Waals surface area contributed by atoms with E-state index in [0.717, 1.165) is 31.2 Å². The summed E-state index contributed by atoms with van der Waals surface area (Å²) in [6, 6.07) is 10.6. The number of benzene rings is 2. The molecule has 1 aromatic heterocycles. The van der Waals surface area contributed by atoms with Crippen LogP contribution in [0.25, 0.3) is 10.9 Å². The van der Waals surface area contributed by atoms with E-state index in [1.165, 1.54) is 19.2 Å². The number of carbonyl (C=O) groups excluding carboxylic acids is 2. The Hall–Kier alpha value is -4.15. The third-order valence-corrected chi connectivity index (χ3v) is 6.38. The van der Waals surface area contributed by atoms with E-state index in [1.807, 2.05) is 26.8 Å². The molecule has 0 aliphatic rings. The second kappa shape index (κ2) is 13.8. The fraction of sp³-hybridized carbons (Fsp3) is 0.448. The summed E-state index contributed by atoms with van der Waals surface area (Å²) in [6.45, 7) is 6.97. The molecule has 1 atom stereocenters. The van der Waals surface area contributed by atoms with Gasteiger partial charge in [0.25, 0.3) is 5.91 Å². The van der Waals surface area contributed by atoms with Gasteiger partial charge >= 0.3 is 5.97 Å². The molecule has 0 bridgehead atoms. The van der Waals surface area contributed by atoms with Crippen LogP contribution in [-0.2, 0) is 16.1 Å². The fourth-order valence-corrected chi connectivity index (χ4v) is 4.21. The van der Waals surface area contributed by atoms with E-state index >= 15 is 0 Å². The lowest BCUT2D eigenvalue weighted by atomic mass is 9.86. The van der Waals surface area contributed by atoms with Crippen molar-refractivity contribution in [2.75, 3.05) is 20.3 Å². The monoisotopic (exact) mass is 554 g/mol. The first-order chi connectivity index (χ1) is 19.0. The number of carbonyl (C=O) groups is 2. The number of methoxy groups -OCH3 is 1. The molecule has 0 saturated heterocycles. The maximum atomic E-state index is 13.5. The number of nitrogens with zero attached hydrogens (tertiary/aromatic N) is 3. The van der Waals surface area contributed by atoms with Crippen molar-refractivity contribution in [1.82, 2.24) is 15.1 Å². The Kier molecular flexibility index (Phi) is 10.5. The van der Waals surface area contributed by atoms with Crippen LogP contribution in [0.3, 0.4) is 0 Å². The second-order valence-corrected chi connectivity index (χ2v) is 10.7. The minimum absolute atomic E-state index is 0.107. The van der Waals surface area contributed by atoms with Gasteiger partial charge in [-0.3, -0.25) is 14.5 Å². The van der Waals surface area contributed by atoms with Gasteiger partial charge in [-0.05, 0) is 54.5 Å². The third kappa shape index (κ3) is 8.42. The number of nitrogens with one attached hydrogen (secondary N) is 1. The van der Waals surface area contributed by atoms with Gasteiger partial charge in [0.15, 0.2) is 11.7 Å². The van der Waals surface area contributed by atoms with Crippen molar-refractivity contribution in [3.8, 4) is 5.75 Å². The average molecular weight is 555 g/mol. The molecular weight excluding hydrogens is 515 g/mol. The lowest BCUT2D eigenvalue weighted by molar-refractivity contribution is -0.145. The fourth-order valence-electron chi connectivity index (χ4n) is 4.21. The first-order valence-electron chi connectivity index (χ1n) is 13.3. The van der Waals surface area contributed by atoms with E-state index < -0.39 is 23.3 Å². The standard InChI is InChI=1S/C29H39FN6O4/c1-29(2,3)25(27(38)39-4)34-26(37)24-22-14-13-21(40-16-8-6-5-7-15-33-28(31)32)17-23(22)36(35-24)18-19-9-11-20(30)12-10-19/h9-14,17,25H,5-8,15-16,18H2,1-4H3,(H,34,37)(H4,31,32,33)/t25-/m1/s1. The molecule has 1 heterocycles. The van der Waals surface area contributed by atoms with Crippen molar-refractivity contribution in [2.24, 2.45) is 21.9 Å². The number of rotatable bonds is 13. The number of amides is 1. The Morgan fingerprint density at radius 2 is 1.77 bits per heavy atom. The Morgan fingerprint density at radius 3 is 2.42 bits per heavy atom. The van der Waals surface area contributed by atoms with Gasteiger partial charge < -0.3 is 26.3 Å². The number of esters is 1.